The average molecular weight is 623 g/mol. The van der Waals surface area contributed by atoms with Crippen LogP contribution in [0.4, 0.5) is 10.1 Å². The smallest absolute Gasteiger partial charge is 0.264 e. The number of nitrogens with zero attached hydrogens (tertiary/aromatic N) is 2. The van der Waals surface area contributed by atoms with Gasteiger partial charge in [-0.2, -0.15) is 0 Å². The Morgan fingerprint density at radius 3 is 2.02 bits per heavy atom. The third kappa shape index (κ3) is 8.21. The minimum atomic E-state index is -4.27. The molecule has 3 aromatic rings. The predicted octanol–water partition coefficient (Wildman–Crippen LogP) is 6.36. The molecule has 1 atom stereocenters. The Morgan fingerprint density at radius 2 is 1.51 bits per heavy atom. The van der Waals surface area contributed by atoms with E-state index in [0.29, 0.717) is 15.6 Å². The van der Waals surface area contributed by atoms with E-state index in [1.165, 1.54) is 29.2 Å². The molecular weight excluding hydrogens is 588 g/mol. The third-order valence-corrected chi connectivity index (χ3v) is 8.77. The molecule has 2 amide bonds. The highest BCUT2D eigenvalue weighted by molar-refractivity contribution is 7.92. The number of anilines is 1. The Labute approximate surface area is 251 Å². The molecule has 0 spiro atoms. The maximum atomic E-state index is 14.1. The first-order valence-electron chi connectivity index (χ1n) is 13.0. The summed E-state index contributed by atoms with van der Waals surface area (Å²) in [5, 5.41) is 3.49. The molecule has 0 unspecified atom stereocenters. The van der Waals surface area contributed by atoms with Crippen molar-refractivity contribution in [3.63, 3.8) is 0 Å². The van der Waals surface area contributed by atoms with Gasteiger partial charge in [-0.1, -0.05) is 53.9 Å². The van der Waals surface area contributed by atoms with E-state index >= 15 is 0 Å². The average Bonchev–Trinajstić information content (AvgIpc) is 2.88. The van der Waals surface area contributed by atoms with Crippen LogP contribution in [-0.4, -0.2) is 43.3 Å². The first-order chi connectivity index (χ1) is 19.1. The van der Waals surface area contributed by atoms with Gasteiger partial charge in [0.15, 0.2) is 0 Å². The molecule has 0 saturated heterocycles. The quantitative estimate of drug-likeness (QED) is 0.285. The van der Waals surface area contributed by atoms with E-state index in [9.17, 15) is 22.4 Å². The van der Waals surface area contributed by atoms with Crippen molar-refractivity contribution in [2.24, 2.45) is 0 Å². The second-order valence-corrected chi connectivity index (χ2v) is 13.4. The molecule has 11 heteroatoms. The number of hydrogen-bond donors (Lipinski definition) is 1. The number of sulfonamides is 1. The number of nitrogens with one attached hydrogen (secondary N) is 1. The van der Waals surface area contributed by atoms with E-state index in [0.717, 1.165) is 22.0 Å². The molecule has 0 aliphatic rings. The van der Waals surface area contributed by atoms with Gasteiger partial charge in [-0.25, -0.2) is 12.8 Å². The number of carbonyl (C=O) groups excluding carboxylic acids is 2. The van der Waals surface area contributed by atoms with E-state index in [-0.39, 0.29) is 23.5 Å². The van der Waals surface area contributed by atoms with Gasteiger partial charge in [0.1, 0.15) is 18.4 Å². The van der Waals surface area contributed by atoms with E-state index in [4.69, 9.17) is 23.2 Å². The lowest BCUT2D eigenvalue weighted by Crippen LogP contribution is -2.55. The number of amides is 2. The predicted molar refractivity (Wildman–Crippen MR) is 161 cm³/mol. The first kappa shape index (κ1) is 32.4. The maximum Gasteiger partial charge on any atom is 0.264 e. The minimum Gasteiger partial charge on any atom is -0.350 e. The molecule has 41 heavy (non-hydrogen) atoms. The molecule has 0 radical (unpaired) electrons. The van der Waals surface area contributed by atoms with Crippen molar-refractivity contribution < 1.29 is 22.4 Å². The van der Waals surface area contributed by atoms with Crippen molar-refractivity contribution in [1.82, 2.24) is 10.2 Å². The van der Waals surface area contributed by atoms with Gasteiger partial charge < -0.3 is 10.2 Å². The summed E-state index contributed by atoms with van der Waals surface area (Å²) in [7, 11) is -4.27. The van der Waals surface area contributed by atoms with Gasteiger partial charge >= 0.3 is 0 Å². The third-order valence-electron chi connectivity index (χ3n) is 6.28. The van der Waals surface area contributed by atoms with E-state index in [1.807, 2.05) is 27.7 Å². The minimum absolute atomic E-state index is 0.0431. The number of carbonyl (C=O) groups is 2. The molecule has 0 saturated carbocycles. The molecule has 220 valence electrons. The lowest BCUT2D eigenvalue weighted by atomic mass is 10.1. The summed E-state index contributed by atoms with van der Waals surface area (Å²) in [6.45, 7) is 8.22. The van der Waals surface area contributed by atoms with Gasteiger partial charge in [0.05, 0.1) is 10.6 Å². The summed E-state index contributed by atoms with van der Waals surface area (Å²) in [4.78, 5) is 28.7. The molecule has 3 rings (SSSR count). The maximum absolute atomic E-state index is 14.1. The standard InChI is InChI=1S/C30H34Cl2FN3O4S/c1-6-27(29(38)34-30(3,4)5)35(18-24-25(31)8-7-9-26(24)32)28(37)19-36(22-14-12-21(33)13-15-22)41(39,40)23-16-10-20(2)11-17-23/h7-17,27H,6,18-19H2,1-5H3,(H,34,38)/t27-/m1/s1. The van der Waals surface area contributed by atoms with Crippen LogP contribution in [0.5, 0.6) is 0 Å². The second kappa shape index (κ2) is 13.2. The van der Waals surface area contributed by atoms with E-state index < -0.39 is 45.8 Å². The van der Waals surface area contributed by atoms with E-state index in [2.05, 4.69) is 5.32 Å². The van der Waals surface area contributed by atoms with Gasteiger partial charge in [-0.05, 0) is 82.6 Å². The molecule has 1 N–H and O–H groups in total. The van der Waals surface area contributed by atoms with Gasteiger partial charge in [-0.15, -0.1) is 0 Å². The SMILES string of the molecule is CC[C@H](C(=O)NC(C)(C)C)N(Cc1c(Cl)cccc1Cl)C(=O)CN(c1ccc(F)cc1)S(=O)(=O)c1ccc(C)cc1. The lowest BCUT2D eigenvalue weighted by molar-refractivity contribution is -0.141. The Balaban J connectivity index is 2.11. The fourth-order valence-corrected chi connectivity index (χ4v) is 6.13. The molecule has 0 bridgehead atoms. The Kier molecular flexibility index (Phi) is 10.4. The molecule has 0 heterocycles. The van der Waals surface area contributed by atoms with Gasteiger partial charge in [0, 0.05) is 27.7 Å². The summed E-state index contributed by atoms with van der Waals surface area (Å²) in [5.41, 5.74) is 0.770. The molecule has 3 aromatic carbocycles. The molecule has 7 nitrogen and oxygen atoms in total. The van der Waals surface area contributed by atoms with Crippen molar-refractivity contribution in [3.05, 3.63) is 93.7 Å². The molecular formula is C30H34Cl2FN3O4S. The fourth-order valence-electron chi connectivity index (χ4n) is 4.20. The van der Waals surface area contributed by atoms with Crippen molar-refractivity contribution in [3.8, 4) is 0 Å². The second-order valence-electron chi connectivity index (χ2n) is 10.7. The Hall–Kier alpha value is -3.14. The Morgan fingerprint density at radius 1 is 0.951 bits per heavy atom. The highest BCUT2D eigenvalue weighted by atomic mass is 35.5. The highest BCUT2D eigenvalue weighted by Gasteiger charge is 2.35. The molecule has 0 aromatic heterocycles. The summed E-state index contributed by atoms with van der Waals surface area (Å²) in [6, 6.07) is 14.9. The van der Waals surface area contributed by atoms with Crippen molar-refractivity contribution >= 4 is 50.7 Å². The number of halogens is 3. The number of hydrogen-bond acceptors (Lipinski definition) is 4. The van der Waals surface area contributed by atoms with Crippen LogP contribution < -0.4 is 9.62 Å². The van der Waals surface area contributed by atoms with Crippen LogP contribution in [0.2, 0.25) is 10.0 Å². The fraction of sp³-hybridized carbons (Fsp3) is 0.333. The van der Waals surface area contributed by atoms with Gasteiger partial charge in [0.2, 0.25) is 11.8 Å². The zero-order valence-electron chi connectivity index (χ0n) is 23.6. The van der Waals surface area contributed by atoms with Crippen LogP contribution in [-0.2, 0) is 26.2 Å². The monoisotopic (exact) mass is 621 g/mol. The molecule has 0 aliphatic heterocycles. The van der Waals surface area contributed by atoms with Crippen LogP contribution in [0.3, 0.4) is 0 Å². The summed E-state index contributed by atoms with van der Waals surface area (Å²) in [6.07, 6.45) is 0.233. The van der Waals surface area contributed by atoms with Crippen LogP contribution in [0.25, 0.3) is 0 Å². The number of rotatable bonds is 10. The van der Waals surface area contributed by atoms with E-state index in [1.54, 1.807) is 37.3 Å². The number of benzene rings is 3. The lowest BCUT2D eigenvalue weighted by Gasteiger charge is -2.35. The Bertz CT molecular complexity index is 1470. The zero-order valence-corrected chi connectivity index (χ0v) is 25.9. The number of aryl methyl sites for hydroxylation is 1. The summed E-state index contributed by atoms with van der Waals surface area (Å²) < 4.78 is 42.4. The largest absolute Gasteiger partial charge is 0.350 e. The van der Waals surface area contributed by atoms with Crippen molar-refractivity contribution in [1.29, 1.82) is 0 Å². The molecule has 0 aliphatic carbocycles. The molecule has 0 fully saturated rings. The first-order valence-corrected chi connectivity index (χ1v) is 15.2. The summed E-state index contributed by atoms with van der Waals surface area (Å²) in [5.74, 6) is -1.64. The zero-order chi connectivity index (χ0) is 30.5. The van der Waals surface area contributed by atoms with Gasteiger partial charge in [-0.3, -0.25) is 13.9 Å². The van der Waals surface area contributed by atoms with Crippen LogP contribution in [0, 0.1) is 12.7 Å². The highest BCUT2D eigenvalue weighted by Crippen LogP contribution is 2.29. The normalized spacial score (nSPS) is 12.5. The van der Waals surface area contributed by atoms with Crippen molar-refractivity contribution in [2.75, 3.05) is 10.8 Å². The van der Waals surface area contributed by atoms with Crippen LogP contribution in [0.1, 0.15) is 45.2 Å². The summed E-state index contributed by atoms with van der Waals surface area (Å²) >= 11 is 12.9. The van der Waals surface area contributed by atoms with Crippen LogP contribution in [0.15, 0.2) is 71.6 Å². The van der Waals surface area contributed by atoms with Gasteiger partial charge in [0.25, 0.3) is 10.0 Å². The van der Waals surface area contributed by atoms with Crippen LogP contribution >= 0.6 is 23.2 Å². The van der Waals surface area contributed by atoms with Crippen molar-refractivity contribution in [2.45, 2.75) is 64.1 Å². The topological polar surface area (TPSA) is 86.8 Å².